The molecule has 0 bridgehead atoms. The van der Waals surface area contributed by atoms with Crippen molar-refractivity contribution in [1.82, 2.24) is 4.90 Å². The van der Waals surface area contributed by atoms with Crippen LogP contribution in [-0.2, 0) is 15.1 Å². The van der Waals surface area contributed by atoms with Crippen molar-refractivity contribution in [3.8, 4) is 11.1 Å². The van der Waals surface area contributed by atoms with E-state index < -0.39 is 17.6 Å². The highest BCUT2D eigenvalue weighted by Gasteiger charge is 2.43. The standard InChI is InChI=1S/C25H21Cl2NO4/c1-25(23(29)30,15-11-12-21(26)22(27)13-15)28(2)24(31)32-14-20-18-9-5-3-7-16(18)17-8-4-6-10-19(17)20/h3-13,20H,14H2,1-2H3,(H,29,30). The smallest absolute Gasteiger partial charge is 0.410 e. The molecule has 0 saturated heterocycles. The molecule has 0 heterocycles. The Morgan fingerprint density at radius 3 is 2.06 bits per heavy atom. The van der Waals surface area contributed by atoms with Crippen LogP contribution in [0.4, 0.5) is 4.79 Å². The lowest BCUT2D eigenvalue weighted by Gasteiger charge is -2.35. The van der Waals surface area contributed by atoms with Crippen LogP contribution >= 0.6 is 23.2 Å². The fourth-order valence-electron chi connectivity index (χ4n) is 4.13. The molecular weight excluding hydrogens is 449 g/mol. The predicted molar refractivity (Wildman–Crippen MR) is 124 cm³/mol. The summed E-state index contributed by atoms with van der Waals surface area (Å²) in [7, 11) is 1.40. The van der Waals surface area contributed by atoms with E-state index in [1.807, 2.05) is 48.5 Å². The molecule has 0 aromatic heterocycles. The lowest BCUT2D eigenvalue weighted by atomic mass is 9.90. The van der Waals surface area contributed by atoms with E-state index in [1.54, 1.807) is 0 Å². The molecule has 3 aromatic rings. The monoisotopic (exact) mass is 469 g/mol. The largest absolute Gasteiger partial charge is 0.479 e. The molecule has 0 saturated carbocycles. The quantitative estimate of drug-likeness (QED) is 0.484. The van der Waals surface area contributed by atoms with E-state index >= 15 is 0 Å². The lowest BCUT2D eigenvalue weighted by Crippen LogP contribution is -2.51. The topological polar surface area (TPSA) is 66.8 Å². The minimum atomic E-state index is -1.70. The number of hydrogen-bond donors (Lipinski definition) is 1. The van der Waals surface area contributed by atoms with Gasteiger partial charge in [0.2, 0.25) is 0 Å². The second-order valence-corrected chi connectivity index (χ2v) is 8.68. The number of hydrogen-bond acceptors (Lipinski definition) is 3. The van der Waals surface area contributed by atoms with Crippen molar-refractivity contribution >= 4 is 35.3 Å². The van der Waals surface area contributed by atoms with Gasteiger partial charge >= 0.3 is 12.1 Å². The van der Waals surface area contributed by atoms with Gasteiger partial charge in [0.15, 0.2) is 5.54 Å². The average molecular weight is 470 g/mol. The first-order chi connectivity index (χ1) is 15.2. The third-order valence-electron chi connectivity index (χ3n) is 6.18. The fourth-order valence-corrected chi connectivity index (χ4v) is 4.43. The summed E-state index contributed by atoms with van der Waals surface area (Å²) in [4.78, 5) is 26.3. The summed E-state index contributed by atoms with van der Waals surface area (Å²) < 4.78 is 5.64. The number of halogens is 2. The van der Waals surface area contributed by atoms with Gasteiger partial charge in [-0.2, -0.15) is 0 Å². The maximum absolute atomic E-state index is 13.0. The van der Waals surface area contributed by atoms with Gasteiger partial charge in [0.25, 0.3) is 0 Å². The Balaban J connectivity index is 1.58. The highest BCUT2D eigenvalue weighted by Crippen LogP contribution is 2.44. The molecule has 1 aliphatic rings. The van der Waals surface area contributed by atoms with Crippen LogP contribution in [0.15, 0.2) is 66.7 Å². The van der Waals surface area contributed by atoms with E-state index in [9.17, 15) is 14.7 Å². The first-order valence-corrected chi connectivity index (χ1v) is 10.8. The number of nitrogens with zero attached hydrogens (tertiary/aromatic N) is 1. The zero-order valence-corrected chi connectivity index (χ0v) is 19.0. The summed E-state index contributed by atoms with van der Waals surface area (Å²) in [6.45, 7) is 1.52. The van der Waals surface area contributed by atoms with Gasteiger partial charge in [-0.3, -0.25) is 4.90 Å². The molecule has 1 atom stereocenters. The number of carboxylic acids is 1. The van der Waals surface area contributed by atoms with Gasteiger partial charge in [0.1, 0.15) is 6.61 Å². The van der Waals surface area contributed by atoms with Gasteiger partial charge in [-0.25, -0.2) is 9.59 Å². The summed E-state index contributed by atoms with van der Waals surface area (Å²) in [6.07, 6.45) is -0.747. The maximum atomic E-state index is 13.0. The SMILES string of the molecule is CN(C(=O)OCC1c2ccccc2-c2ccccc21)C(C)(C(=O)O)c1ccc(Cl)c(Cl)c1. The number of likely N-dealkylation sites (N-methyl/N-ethyl adjacent to an activating group) is 1. The van der Waals surface area contributed by atoms with Crippen LogP contribution in [0.25, 0.3) is 11.1 Å². The summed E-state index contributed by atoms with van der Waals surface area (Å²) in [5.41, 5.74) is 3.00. The molecular formula is C25H21Cl2NO4. The van der Waals surface area contributed by atoms with Gasteiger partial charge in [0, 0.05) is 13.0 Å². The van der Waals surface area contributed by atoms with Crippen LogP contribution in [-0.4, -0.2) is 35.7 Å². The number of carbonyl (C=O) groups is 2. The van der Waals surface area contributed by atoms with Crippen molar-refractivity contribution in [2.45, 2.75) is 18.4 Å². The summed E-state index contributed by atoms with van der Waals surface area (Å²) in [6, 6.07) is 20.5. The number of rotatable bonds is 5. The first-order valence-electron chi connectivity index (χ1n) is 10.0. The van der Waals surface area contributed by atoms with Crippen molar-refractivity contribution in [1.29, 1.82) is 0 Å². The van der Waals surface area contributed by atoms with Gasteiger partial charge in [-0.15, -0.1) is 0 Å². The molecule has 0 radical (unpaired) electrons. The summed E-state index contributed by atoms with van der Waals surface area (Å²) in [5.74, 6) is -1.34. The van der Waals surface area contributed by atoms with Crippen LogP contribution in [0.5, 0.6) is 0 Å². The van der Waals surface area contributed by atoms with Crippen molar-refractivity contribution in [2.75, 3.05) is 13.7 Å². The Morgan fingerprint density at radius 1 is 0.969 bits per heavy atom. The normalized spacial score (nSPS) is 14.2. The average Bonchev–Trinajstić information content (AvgIpc) is 3.11. The molecule has 164 valence electrons. The van der Waals surface area contributed by atoms with Crippen molar-refractivity contribution in [3.63, 3.8) is 0 Å². The zero-order chi connectivity index (χ0) is 23.0. The van der Waals surface area contributed by atoms with E-state index in [0.717, 1.165) is 27.2 Å². The second kappa shape index (κ2) is 8.49. The molecule has 1 N–H and O–H groups in total. The van der Waals surface area contributed by atoms with Crippen LogP contribution in [0.1, 0.15) is 29.5 Å². The third kappa shape index (κ3) is 3.61. The molecule has 0 aliphatic heterocycles. The van der Waals surface area contributed by atoms with E-state index in [0.29, 0.717) is 10.6 Å². The highest BCUT2D eigenvalue weighted by atomic mass is 35.5. The van der Waals surface area contributed by atoms with E-state index in [2.05, 4.69) is 0 Å². The zero-order valence-electron chi connectivity index (χ0n) is 17.5. The number of carboxylic acid groups (broad SMARTS) is 1. The minimum absolute atomic E-state index is 0.0915. The Hall–Kier alpha value is -3.02. The molecule has 5 nitrogen and oxygen atoms in total. The molecule has 1 unspecified atom stereocenters. The molecule has 7 heteroatoms. The van der Waals surface area contributed by atoms with Crippen LogP contribution in [0.2, 0.25) is 10.0 Å². The molecule has 32 heavy (non-hydrogen) atoms. The van der Waals surface area contributed by atoms with Gasteiger partial charge in [-0.1, -0.05) is 77.8 Å². The van der Waals surface area contributed by atoms with Gasteiger partial charge in [-0.05, 0) is 46.9 Å². The third-order valence-corrected chi connectivity index (χ3v) is 6.92. The van der Waals surface area contributed by atoms with Crippen LogP contribution < -0.4 is 0 Å². The van der Waals surface area contributed by atoms with Gasteiger partial charge in [0.05, 0.1) is 10.0 Å². The van der Waals surface area contributed by atoms with Crippen LogP contribution in [0, 0.1) is 0 Å². The number of benzene rings is 3. The Bertz CT molecular complexity index is 1170. The first kappa shape index (κ1) is 22.2. The molecule has 1 aliphatic carbocycles. The fraction of sp³-hybridized carbons (Fsp3) is 0.200. The summed E-state index contributed by atoms with van der Waals surface area (Å²) >= 11 is 12.1. The number of amides is 1. The predicted octanol–water partition coefficient (Wildman–Crippen LogP) is 6.17. The van der Waals surface area contributed by atoms with Crippen molar-refractivity contribution in [3.05, 3.63) is 93.5 Å². The molecule has 3 aromatic carbocycles. The number of carbonyl (C=O) groups excluding carboxylic acids is 1. The lowest BCUT2D eigenvalue weighted by molar-refractivity contribution is -0.149. The number of fused-ring (bicyclic) bond motifs is 3. The van der Waals surface area contributed by atoms with Crippen LogP contribution in [0.3, 0.4) is 0 Å². The highest BCUT2D eigenvalue weighted by molar-refractivity contribution is 6.42. The Labute approximate surface area is 196 Å². The maximum Gasteiger partial charge on any atom is 0.410 e. The number of aliphatic carboxylic acids is 1. The molecule has 1 amide bonds. The van der Waals surface area contributed by atoms with E-state index in [1.165, 1.54) is 32.2 Å². The van der Waals surface area contributed by atoms with Crippen molar-refractivity contribution in [2.24, 2.45) is 0 Å². The Morgan fingerprint density at radius 2 is 1.53 bits per heavy atom. The Kier molecular flexibility index (Phi) is 5.89. The minimum Gasteiger partial charge on any atom is -0.479 e. The molecule has 0 fully saturated rings. The second-order valence-electron chi connectivity index (χ2n) is 7.87. The number of ether oxygens (including phenoxy) is 1. The summed E-state index contributed by atoms with van der Waals surface area (Å²) in [5, 5.41) is 10.5. The van der Waals surface area contributed by atoms with E-state index in [4.69, 9.17) is 27.9 Å². The molecule has 4 rings (SSSR count). The molecule has 0 spiro atoms. The van der Waals surface area contributed by atoms with E-state index in [-0.39, 0.29) is 17.5 Å². The van der Waals surface area contributed by atoms with Crippen molar-refractivity contribution < 1.29 is 19.4 Å². The van der Waals surface area contributed by atoms with Gasteiger partial charge < -0.3 is 9.84 Å².